The molecule has 1 aliphatic rings. The average molecular weight is 309 g/mol. The van der Waals surface area contributed by atoms with E-state index in [0.29, 0.717) is 13.0 Å². The summed E-state index contributed by atoms with van der Waals surface area (Å²) in [5, 5.41) is 5.55. The molecule has 3 rings (SSSR count). The van der Waals surface area contributed by atoms with Crippen LogP contribution in [0, 0.1) is 6.92 Å². The van der Waals surface area contributed by atoms with Crippen LogP contribution in [0.3, 0.4) is 0 Å². The van der Waals surface area contributed by atoms with Crippen LogP contribution in [0.2, 0.25) is 0 Å². The zero-order chi connectivity index (χ0) is 16.2. The molecule has 3 amide bonds. The van der Waals surface area contributed by atoms with Crippen molar-refractivity contribution in [3.63, 3.8) is 0 Å². The molecule has 2 aromatic carbocycles. The van der Waals surface area contributed by atoms with Gasteiger partial charge in [-0.3, -0.25) is 4.79 Å². The Bertz CT molecular complexity index is 715. The molecular formula is C18H19N3O2. The molecule has 1 heterocycles. The number of hydrogen-bond acceptors (Lipinski definition) is 2. The van der Waals surface area contributed by atoms with Crippen molar-refractivity contribution in [2.24, 2.45) is 0 Å². The summed E-state index contributed by atoms with van der Waals surface area (Å²) in [6, 6.07) is 16.2. The van der Waals surface area contributed by atoms with Crippen molar-refractivity contribution in [2.75, 3.05) is 16.8 Å². The number of urea groups is 1. The van der Waals surface area contributed by atoms with Crippen LogP contribution in [-0.2, 0) is 4.79 Å². The Kier molecular flexibility index (Phi) is 4.28. The number of nitrogens with zero attached hydrogens (tertiary/aromatic N) is 1. The molecule has 1 saturated heterocycles. The van der Waals surface area contributed by atoms with Gasteiger partial charge in [-0.25, -0.2) is 4.79 Å². The van der Waals surface area contributed by atoms with Gasteiger partial charge in [0.05, 0.1) is 0 Å². The number of para-hydroxylation sites is 2. The van der Waals surface area contributed by atoms with E-state index < -0.39 is 6.04 Å². The number of carbonyl (C=O) groups excluding carboxylic acids is 2. The Hall–Kier alpha value is -2.82. The van der Waals surface area contributed by atoms with Gasteiger partial charge < -0.3 is 15.5 Å². The van der Waals surface area contributed by atoms with Crippen molar-refractivity contribution < 1.29 is 9.59 Å². The second kappa shape index (κ2) is 6.52. The lowest BCUT2D eigenvalue weighted by Crippen LogP contribution is -2.43. The Labute approximate surface area is 135 Å². The third kappa shape index (κ3) is 3.34. The molecule has 5 nitrogen and oxygen atoms in total. The molecule has 1 unspecified atom stereocenters. The van der Waals surface area contributed by atoms with E-state index >= 15 is 0 Å². The maximum absolute atomic E-state index is 12.4. The van der Waals surface area contributed by atoms with Gasteiger partial charge in [0, 0.05) is 17.9 Å². The smallest absolute Gasteiger partial charge is 0.319 e. The van der Waals surface area contributed by atoms with Crippen LogP contribution in [-0.4, -0.2) is 24.5 Å². The normalized spacial score (nSPS) is 17.2. The molecule has 0 aromatic heterocycles. The highest BCUT2D eigenvalue weighted by atomic mass is 16.2. The maximum Gasteiger partial charge on any atom is 0.319 e. The topological polar surface area (TPSA) is 61.4 Å². The summed E-state index contributed by atoms with van der Waals surface area (Å²) in [5.74, 6) is -0.0730. The van der Waals surface area contributed by atoms with E-state index in [1.165, 1.54) is 0 Å². The Morgan fingerprint density at radius 2 is 1.78 bits per heavy atom. The third-order valence-corrected chi connectivity index (χ3v) is 3.97. The molecule has 0 radical (unpaired) electrons. The molecule has 2 aromatic rings. The van der Waals surface area contributed by atoms with Crippen LogP contribution in [0.5, 0.6) is 0 Å². The van der Waals surface area contributed by atoms with Crippen LogP contribution in [0.15, 0.2) is 54.6 Å². The number of amides is 3. The third-order valence-electron chi connectivity index (χ3n) is 3.97. The van der Waals surface area contributed by atoms with Crippen molar-refractivity contribution >= 4 is 23.3 Å². The van der Waals surface area contributed by atoms with E-state index in [0.717, 1.165) is 16.9 Å². The van der Waals surface area contributed by atoms with E-state index in [1.807, 2.05) is 61.5 Å². The first-order valence-electron chi connectivity index (χ1n) is 7.65. The zero-order valence-corrected chi connectivity index (χ0v) is 13.0. The predicted molar refractivity (Wildman–Crippen MR) is 90.5 cm³/mol. The van der Waals surface area contributed by atoms with Gasteiger partial charge in [0.15, 0.2) is 0 Å². The van der Waals surface area contributed by atoms with Crippen LogP contribution in [0.4, 0.5) is 16.2 Å². The van der Waals surface area contributed by atoms with Crippen LogP contribution < -0.4 is 15.5 Å². The summed E-state index contributed by atoms with van der Waals surface area (Å²) in [6.07, 6.45) is 0.606. The minimum atomic E-state index is -0.487. The van der Waals surface area contributed by atoms with Crippen molar-refractivity contribution in [3.8, 4) is 0 Å². The largest absolute Gasteiger partial charge is 0.326 e. The lowest BCUT2D eigenvalue weighted by atomic mass is 10.2. The van der Waals surface area contributed by atoms with E-state index in [1.54, 1.807) is 4.90 Å². The fourth-order valence-electron chi connectivity index (χ4n) is 2.71. The number of anilines is 2. The molecule has 23 heavy (non-hydrogen) atoms. The molecule has 1 aliphatic heterocycles. The fraction of sp³-hybridized carbons (Fsp3) is 0.222. The standard InChI is InChI=1S/C18H19N3O2/c1-13-7-5-6-10-15(13)19-18(23)20-16-11-12-21(17(16)22)14-8-3-2-4-9-14/h2-10,16H,11-12H2,1H3,(H2,19,20,23). The van der Waals surface area contributed by atoms with Crippen molar-refractivity contribution in [1.82, 2.24) is 5.32 Å². The second-order valence-corrected chi connectivity index (χ2v) is 5.58. The molecule has 0 saturated carbocycles. The van der Waals surface area contributed by atoms with Crippen molar-refractivity contribution in [3.05, 3.63) is 60.2 Å². The molecule has 1 atom stereocenters. The first kappa shape index (κ1) is 15.1. The van der Waals surface area contributed by atoms with Crippen LogP contribution in [0.25, 0.3) is 0 Å². The summed E-state index contributed by atoms with van der Waals surface area (Å²) in [6.45, 7) is 2.53. The van der Waals surface area contributed by atoms with Gasteiger partial charge in [-0.1, -0.05) is 36.4 Å². The number of benzene rings is 2. The Balaban J connectivity index is 1.62. The monoisotopic (exact) mass is 309 g/mol. The van der Waals surface area contributed by atoms with Crippen LogP contribution in [0.1, 0.15) is 12.0 Å². The van der Waals surface area contributed by atoms with E-state index in [2.05, 4.69) is 10.6 Å². The lowest BCUT2D eigenvalue weighted by molar-refractivity contribution is -0.118. The number of hydrogen-bond donors (Lipinski definition) is 2. The van der Waals surface area contributed by atoms with E-state index in [-0.39, 0.29) is 11.9 Å². The highest BCUT2D eigenvalue weighted by molar-refractivity contribution is 6.02. The number of nitrogens with one attached hydrogen (secondary N) is 2. The van der Waals surface area contributed by atoms with Gasteiger partial charge in [0.1, 0.15) is 6.04 Å². The SMILES string of the molecule is Cc1ccccc1NC(=O)NC1CCN(c2ccccc2)C1=O. The Morgan fingerprint density at radius 3 is 2.52 bits per heavy atom. The highest BCUT2D eigenvalue weighted by Gasteiger charge is 2.33. The Morgan fingerprint density at radius 1 is 1.09 bits per heavy atom. The van der Waals surface area contributed by atoms with Gasteiger partial charge in [0.2, 0.25) is 5.91 Å². The molecular weight excluding hydrogens is 290 g/mol. The highest BCUT2D eigenvalue weighted by Crippen LogP contribution is 2.21. The number of rotatable bonds is 3. The molecule has 2 N–H and O–H groups in total. The van der Waals surface area contributed by atoms with Gasteiger partial charge >= 0.3 is 6.03 Å². The number of carbonyl (C=O) groups is 2. The quantitative estimate of drug-likeness (QED) is 0.916. The minimum Gasteiger partial charge on any atom is -0.326 e. The summed E-state index contributed by atoms with van der Waals surface area (Å²) in [7, 11) is 0. The maximum atomic E-state index is 12.4. The van der Waals surface area contributed by atoms with Gasteiger partial charge in [-0.05, 0) is 37.1 Å². The van der Waals surface area contributed by atoms with E-state index in [9.17, 15) is 9.59 Å². The minimum absolute atomic E-state index is 0.0730. The molecule has 0 bridgehead atoms. The first-order valence-corrected chi connectivity index (χ1v) is 7.65. The summed E-state index contributed by atoms with van der Waals surface area (Å²) in [4.78, 5) is 26.3. The summed E-state index contributed by atoms with van der Waals surface area (Å²) < 4.78 is 0. The number of aryl methyl sites for hydroxylation is 1. The van der Waals surface area contributed by atoms with Crippen LogP contribution >= 0.6 is 0 Å². The molecule has 1 fully saturated rings. The molecule has 5 heteroatoms. The van der Waals surface area contributed by atoms with Gasteiger partial charge in [0.25, 0.3) is 0 Å². The van der Waals surface area contributed by atoms with E-state index in [4.69, 9.17) is 0 Å². The lowest BCUT2D eigenvalue weighted by Gasteiger charge is -2.17. The van der Waals surface area contributed by atoms with Crippen molar-refractivity contribution in [1.29, 1.82) is 0 Å². The van der Waals surface area contributed by atoms with Crippen molar-refractivity contribution in [2.45, 2.75) is 19.4 Å². The average Bonchev–Trinajstić information content (AvgIpc) is 2.91. The zero-order valence-electron chi connectivity index (χ0n) is 13.0. The second-order valence-electron chi connectivity index (χ2n) is 5.58. The summed E-state index contributed by atoms with van der Waals surface area (Å²) in [5.41, 5.74) is 2.59. The first-order chi connectivity index (χ1) is 11.1. The molecule has 118 valence electrons. The molecule has 0 spiro atoms. The summed E-state index contributed by atoms with van der Waals surface area (Å²) >= 11 is 0. The molecule has 0 aliphatic carbocycles. The predicted octanol–water partition coefficient (Wildman–Crippen LogP) is 2.92. The van der Waals surface area contributed by atoms with Gasteiger partial charge in [-0.2, -0.15) is 0 Å². The van der Waals surface area contributed by atoms with Gasteiger partial charge in [-0.15, -0.1) is 0 Å². The fourth-order valence-corrected chi connectivity index (χ4v) is 2.71.